The van der Waals surface area contributed by atoms with Crippen molar-refractivity contribution in [3.63, 3.8) is 0 Å². The van der Waals surface area contributed by atoms with Gasteiger partial charge in [0.25, 0.3) is 0 Å². The SMILES string of the molecule is CNC1CN(c2cc(NCCC(C)C)ncn2)C1. The van der Waals surface area contributed by atoms with E-state index in [2.05, 4.69) is 39.3 Å². The fourth-order valence-corrected chi connectivity index (χ4v) is 1.95. The molecule has 0 unspecified atom stereocenters. The highest BCUT2D eigenvalue weighted by Crippen LogP contribution is 2.19. The van der Waals surface area contributed by atoms with Gasteiger partial charge >= 0.3 is 0 Å². The molecular weight excluding hydrogens is 226 g/mol. The average molecular weight is 249 g/mol. The number of likely N-dealkylation sites (N-methyl/N-ethyl adjacent to an activating group) is 1. The van der Waals surface area contributed by atoms with Crippen LogP contribution in [0.4, 0.5) is 11.6 Å². The Labute approximate surface area is 109 Å². The molecular formula is C13H23N5. The van der Waals surface area contributed by atoms with Gasteiger partial charge in [0, 0.05) is 31.7 Å². The molecule has 0 aromatic carbocycles. The highest BCUT2D eigenvalue weighted by Gasteiger charge is 2.26. The normalized spacial score (nSPS) is 15.9. The molecule has 1 aromatic heterocycles. The van der Waals surface area contributed by atoms with Gasteiger partial charge in [0.15, 0.2) is 0 Å². The van der Waals surface area contributed by atoms with Crippen LogP contribution in [-0.4, -0.2) is 42.7 Å². The van der Waals surface area contributed by atoms with Crippen molar-refractivity contribution >= 4 is 11.6 Å². The first-order valence-corrected chi connectivity index (χ1v) is 6.67. The minimum absolute atomic E-state index is 0.595. The predicted octanol–water partition coefficient (Wildman–Crippen LogP) is 1.34. The van der Waals surface area contributed by atoms with Crippen LogP contribution >= 0.6 is 0 Å². The number of rotatable bonds is 6. The lowest BCUT2D eigenvalue weighted by Crippen LogP contribution is -2.57. The van der Waals surface area contributed by atoms with E-state index in [4.69, 9.17) is 0 Å². The summed E-state index contributed by atoms with van der Waals surface area (Å²) in [5.41, 5.74) is 0. The van der Waals surface area contributed by atoms with Gasteiger partial charge in [-0.15, -0.1) is 0 Å². The summed E-state index contributed by atoms with van der Waals surface area (Å²) in [6.45, 7) is 7.47. The second-order valence-corrected chi connectivity index (χ2v) is 5.26. The molecule has 2 heterocycles. The molecule has 5 heteroatoms. The van der Waals surface area contributed by atoms with Gasteiger partial charge in [-0.25, -0.2) is 9.97 Å². The van der Waals surface area contributed by atoms with Crippen molar-refractivity contribution in [2.24, 2.45) is 5.92 Å². The Hall–Kier alpha value is -1.36. The van der Waals surface area contributed by atoms with Crippen LogP contribution in [0, 0.1) is 5.92 Å². The number of nitrogens with zero attached hydrogens (tertiary/aromatic N) is 3. The third kappa shape index (κ3) is 3.32. The largest absolute Gasteiger partial charge is 0.370 e. The predicted molar refractivity (Wildman–Crippen MR) is 75.0 cm³/mol. The van der Waals surface area contributed by atoms with Gasteiger partial charge in [0.05, 0.1) is 0 Å². The van der Waals surface area contributed by atoms with E-state index in [0.29, 0.717) is 12.0 Å². The Morgan fingerprint density at radius 3 is 2.83 bits per heavy atom. The van der Waals surface area contributed by atoms with Gasteiger partial charge < -0.3 is 15.5 Å². The van der Waals surface area contributed by atoms with E-state index in [9.17, 15) is 0 Å². The summed E-state index contributed by atoms with van der Waals surface area (Å²) in [5, 5.41) is 6.61. The van der Waals surface area contributed by atoms with Crippen molar-refractivity contribution in [2.75, 3.05) is 36.9 Å². The number of hydrogen-bond acceptors (Lipinski definition) is 5. The lowest BCUT2D eigenvalue weighted by Gasteiger charge is -2.39. The standard InChI is InChI=1S/C13H23N5/c1-10(2)4-5-15-12-6-13(17-9-16-12)18-7-11(8-18)14-3/h6,9-11,14H,4-5,7-8H2,1-3H3,(H,15,16,17). The van der Waals surface area contributed by atoms with Crippen LogP contribution in [0.15, 0.2) is 12.4 Å². The van der Waals surface area contributed by atoms with Crippen LogP contribution in [0.25, 0.3) is 0 Å². The molecule has 0 amide bonds. The summed E-state index contributed by atoms with van der Waals surface area (Å²) in [5.74, 6) is 2.66. The number of anilines is 2. The molecule has 0 bridgehead atoms. The lowest BCUT2D eigenvalue weighted by molar-refractivity contribution is 0.447. The van der Waals surface area contributed by atoms with Crippen molar-refractivity contribution in [3.05, 3.63) is 12.4 Å². The fourth-order valence-electron chi connectivity index (χ4n) is 1.95. The topological polar surface area (TPSA) is 53.1 Å². The zero-order chi connectivity index (χ0) is 13.0. The summed E-state index contributed by atoms with van der Waals surface area (Å²) in [6.07, 6.45) is 2.80. The van der Waals surface area contributed by atoms with Crippen LogP contribution in [0.3, 0.4) is 0 Å². The Bertz CT molecular complexity index is 373. The Morgan fingerprint density at radius 1 is 1.39 bits per heavy atom. The second-order valence-electron chi connectivity index (χ2n) is 5.26. The summed E-state index contributed by atoms with van der Waals surface area (Å²) in [7, 11) is 2.00. The summed E-state index contributed by atoms with van der Waals surface area (Å²) in [6, 6.07) is 2.63. The van der Waals surface area contributed by atoms with Gasteiger partial charge in [-0.3, -0.25) is 0 Å². The van der Waals surface area contributed by atoms with E-state index in [-0.39, 0.29) is 0 Å². The summed E-state index contributed by atoms with van der Waals surface area (Å²) in [4.78, 5) is 10.8. The maximum absolute atomic E-state index is 4.32. The molecule has 0 aliphatic carbocycles. The quantitative estimate of drug-likeness (QED) is 0.797. The van der Waals surface area contributed by atoms with Gasteiger partial charge in [-0.2, -0.15) is 0 Å². The van der Waals surface area contributed by atoms with Crippen LogP contribution in [0.5, 0.6) is 0 Å². The van der Waals surface area contributed by atoms with E-state index in [1.165, 1.54) is 0 Å². The monoisotopic (exact) mass is 249 g/mol. The first-order chi connectivity index (χ1) is 8.69. The first kappa shape index (κ1) is 13.1. The smallest absolute Gasteiger partial charge is 0.134 e. The number of hydrogen-bond donors (Lipinski definition) is 2. The van der Waals surface area contributed by atoms with Crippen LogP contribution in [0.1, 0.15) is 20.3 Å². The molecule has 2 N–H and O–H groups in total. The van der Waals surface area contributed by atoms with Gasteiger partial charge in [-0.05, 0) is 19.4 Å². The molecule has 1 saturated heterocycles. The third-order valence-corrected chi connectivity index (χ3v) is 3.29. The molecule has 5 nitrogen and oxygen atoms in total. The minimum atomic E-state index is 0.595. The number of nitrogens with one attached hydrogen (secondary N) is 2. The highest BCUT2D eigenvalue weighted by molar-refractivity contribution is 5.50. The van der Waals surface area contributed by atoms with E-state index in [0.717, 1.165) is 37.7 Å². The lowest BCUT2D eigenvalue weighted by atomic mass is 10.1. The van der Waals surface area contributed by atoms with Gasteiger partial charge in [0.2, 0.25) is 0 Å². The molecule has 1 aliphatic rings. The minimum Gasteiger partial charge on any atom is -0.370 e. The average Bonchev–Trinajstić information content (AvgIpc) is 2.28. The van der Waals surface area contributed by atoms with Crippen molar-refractivity contribution in [1.29, 1.82) is 0 Å². The molecule has 1 aromatic rings. The third-order valence-electron chi connectivity index (χ3n) is 3.29. The molecule has 100 valence electrons. The first-order valence-electron chi connectivity index (χ1n) is 6.67. The maximum Gasteiger partial charge on any atom is 0.134 e. The maximum atomic E-state index is 4.32. The molecule has 0 saturated carbocycles. The zero-order valence-corrected chi connectivity index (χ0v) is 11.5. The van der Waals surface area contributed by atoms with Crippen molar-refractivity contribution in [2.45, 2.75) is 26.3 Å². The van der Waals surface area contributed by atoms with Crippen LogP contribution in [0.2, 0.25) is 0 Å². The molecule has 2 rings (SSSR count). The van der Waals surface area contributed by atoms with Gasteiger partial charge in [-0.1, -0.05) is 13.8 Å². The Kier molecular flexibility index (Phi) is 4.36. The van der Waals surface area contributed by atoms with E-state index in [1.807, 2.05) is 13.1 Å². The Balaban J connectivity index is 1.86. The van der Waals surface area contributed by atoms with Crippen molar-refractivity contribution in [1.82, 2.24) is 15.3 Å². The molecule has 0 spiro atoms. The fraction of sp³-hybridized carbons (Fsp3) is 0.692. The van der Waals surface area contributed by atoms with Crippen LogP contribution < -0.4 is 15.5 Å². The Morgan fingerprint density at radius 2 is 2.17 bits per heavy atom. The van der Waals surface area contributed by atoms with Crippen molar-refractivity contribution < 1.29 is 0 Å². The highest BCUT2D eigenvalue weighted by atomic mass is 15.3. The molecule has 1 fully saturated rings. The van der Waals surface area contributed by atoms with E-state index in [1.54, 1.807) is 6.33 Å². The second kappa shape index (κ2) is 6.00. The number of aromatic nitrogens is 2. The summed E-state index contributed by atoms with van der Waals surface area (Å²) >= 11 is 0. The van der Waals surface area contributed by atoms with E-state index >= 15 is 0 Å². The van der Waals surface area contributed by atoms with E-state index < -0.39 is 0 Å². The molecule has 1 aliphatic heterocycles. The van der Waals surface area contributed by atoms with Crippen molar-refractivity contribution in [3.8, 4) is 0 Å². The molecule has 0 atom stereocenters. The van der Waals surface area contributed by atoms with Crippen LogP contribution in [-0.2, 0) is 0 Å². The zero-order valence-electron chi connectivity index (χ0n) is 11.5. The molecule has 0 radical (unpaired) electrons. The summed E-state index contributed by atoms with van der Waals surface area (Å²) < 4.78 is 0. The molecule has 18 heavy (non-hydrogen) atoms. The van der Waals surface area contributed by atoms with Gasteiger partial charge in [0.1, 0.15) is 18.0 Å².